The van der Waals surface area contributed by atoms with Crippen LogP contribution in [-0.4, -0.2) is 42.9 Å². The van der Waals surface area contributed by atoms with Crippen molar-refractivity contribution in [2.24, 2.45) is 0 Å². The zero-order chi connectivity index (χ0) is 17.1. The molecule has 0 aromatic carbocycles. The maximum Gasteiger partial charge on any atom is 0.348 e. The fourth-order valence-electron chi connectivity index (χ4n) is 2.98. The first-order valence-corrected chi connectivity index (χ1v) is 8.76. The molecule has 5 rings (SSSR count). The van der Waals surface area contributed by atoms with Crippen LogP contribution in [0.25, 0.3) is 27.4 Å². The molecular formula is C16H14N6O2S. The molecule has 8 nitrogen and oxygen atoms in total. The third-order valence-electron chi connectivity index (χ3n) is 4.48. The topological polar surface area (TPSA) is 98.1 Å². The minimum Gasteiger partial charge on any atom is -0.465 e. The number of thiophene rings is 1. The number of hydrogen-bond acceptors (Lipinski definition) is 7. The summed E-state index contributed by atoms with van der Waals surface area (Å²) in [7, 11) is 1.37. The summed E-state index contributed by atoms with van der Waals surface area (Å²) < 4.78 is 6.48. The summed E-state index contributed by atoms with van der Waals surface area (Å²) in [4.78, 5) is 22.3. The fourth-order valence-corrected chi connectivity index (χ4v) is 4.05. The second kappa shape index (κ2) is 5.09. The first kappa shape index (κ1) is 14.5. The average molecular weight is 354 g/mol. The molecule has 0 unspecified atom stereocenters. The minimum atomic E-state index is -0.361. The van der Waals surface area contributed by atoms with Crippen molar-refractivity contribution in [3.63, 3.8) is 0 Å². The van der Waals surface area contributed by atoms with Crippen molar-refractivity contribution in [2.45, 2.75) is 25.7 Å². The van der Waals surface area contributed by atoms with E-state index < -0.39 is 0 Å². The van der Waals surface area contributed by atoms with Gasteiger partial charge >= 0.3 is 5.97 Å². The minimum absolute atomic E-state index is 0.361. The number of nitrogens with zero attached hydrogens (tertiary/aromatic N) is 5. The highest BCUT2D eigenvalue weighted by atomic mass is 32.1. The summed E-state index contributed by atoms with van der Waals surface area (Å²) in [5.41, 5.74) is 3.33. The number of rotatable bonds is 3. The van der Waals surface area contributed by atoms with Gasteiger partial charge in [0, 0.05) is 11.6 Å². The molecule has 0 radical (unpaired) electrons. The van der Waals surface area contributed by atoms with E-state index in [0.717, 1.165) is 27.2 Å². The van der Waals surface area contributed by atoms with Crippen molar-refractivity contribution >= 4 is 33.2 Å². The maximum atomic E-state index is 11.9. The number of aromatic nitrogens is 6. The molecule has 1 aliphatic rings. The van der Waals surface area contributed by atoms with Gasteiger partial charge < -0.3 is 4.74 Å². The molecule has 126 valence electrons. The quantitative estimate of drug-likeness (QED) is 0.568. The largest absolute Gasteiger partial charge is 0.465 e. The monoisotopic (exact) mass is 354 g/mol. The van der Waals surface area contributed by atoms with Crippen LogP contribution in [0.15, 0.2) is 12.4 Å². The summed E-state index contributed by atoms with van der Waals surface area (Å²) in [6.07, 6.45) is 4.02. The molecule has 0 amide bonds. The molecular weight excluding hydrogens is 340 g/mol. The maximum absolute atomic E-state index is 11.9. The first-order valence-electron chi connectivity index (χ1n) is 7.94. The van der Waals surface area contributed by atoms with Crippen molar-refractivity contribution in [1.82, 2.24) is 29.8 Å². The van der Waals surface area contributed by atoms with Gasteiger partial charge in [-0.2, -0.15) is 5.10 Å². The van der Waals surface area contributed by atoms with Crippen molar-refractivity contribution in [3.05, 3.63) is 28.5 Å². The van der Waals surface area contributed by atoms with Crippen LogP contribution in [-0.2, 0) is 4.74 Å². The third kappa shape index (κ3) is 2.15. The van der Waals surface area contributed by atoms with Gasteiger partial charge in [0.15, 0.2) is 5.65 Å². The van der Waals surface area contributed by atoms with Crippen LogP contribution in [0.2, 0.25) is 0 Å². The summed E-state index contributed by atoms with van der Waals surface area (Å²) in [6, 6.07) is 2.01. The number of aryl methyl sites for hydroxylation is 1. The standard InChI is InChI=1S/C16H14N6O2S/c1-7-11-14-18-13(10-5-9(19-20-10)8-3-4-8)21-22(14)6-17-15(11)25-12(7)16(23)24-2/h5-6,8H,3-4H2,1-2H3,(H,19,20). The van der Waals surface area contributed by atoms with Gasteiger partial charge in [-0.25, -0.2) is 19.3 Å². The number of carbonyl (C=O) groups excluding carboxylic acids is 1. The molecule has 25 heavy (non-hydrogen) atoms. The number of ether oxygens (including phenoxy) is 1. The lowest BCUT2D eigenvalue weighted by atomic mass is 10.2. The van der Waals surface area contributed by atoms with Crippen molar-refractivity contribution in [1.29, 1.82) is 0 Å². The van der Waals surface area contributed by atoms with Crippen LogP contribution in [0.5, 0.6) is 0 Å². The molecule has 1 saturated carbocycles. The van der Waals surface area contributed by atoms with E-state index in [9.17, 15) is 4.79 Å². The van der Waals surface area contributed by atoms with E-state index in [-0.39, 0.29) is 5.97 Å². The second-order valence-corrected chi connectivity index (χ2v) is 7.16. The Hall–Kier alpha value is -2.81. The van der Waals surface area contributed by atoms with E-state index in [4.69, 9.17) is 4.74 Å². The number of H-pyrrole nitrogens is 1. The summed E-state index contributed by atoms with van der Waals surface area (Å²) in [5, 5.41) is 12.7. The highest BCUT2D eigenvalue weighted by Gasteiger charge is 2.26. The van der Waals surface area contributed by atoms with Gasteiger partial charge in [-0.3, -0.25) is 5.10 Å². The highest BCUT2D eigenvalue weighted by molar-refractivity contribution is 7.20. The predicted molar refractivity (Wildman–Crippen MR) is 91.8 cm³/mol. The Morgan fingerprint density at radius 3 is 3.04 bits per heavy atom. The summed E-state index contributed by atoms with van der Waals surface area (Å²) in [5.74, 6) is 0.774. The lowest BCUT2D eigenvalue weighted by Crippen LogP contribution is -1.99. The normalized spacial score (nSPS) is 14.5. The number of hydrogen-bond donors (Lipinski definition) is 1. The molecule has 4 heterocycles. The predicted octanol–water partition coefficient (Wildman–Crippen LogP) is 2.70. The van der Waals surface area contributed by atoms with E-state index in [2.05, 4.69) is 25.3 Å². The Morgan fingerprint density at radius 2 is 2.28 bits per heavy atom. The van der Waals surface area contributed by atoms with E-state index in [1.807, 2.05) is 13.0 Å². The second-order valence-electron chi connectivity index (χ2n) is 6.16. The molecule has 9 heteroatoms. The number of fused-ring (bicyclic) bond motifs is 3. The molecule has 1 fully saturated rings. The molecule has 0 atom stereocenters. The molecule has 0 bridgehead atoms. The molecule has 0 saturated heterocycles. The molecule has 1 N–H and O–H groups in total. The van der Waals surface area contributed by atoms with Crippen LogP contribution in [0.1, 0.15) is 39.7 Å². The Kier molecular flexibility index (Phi) is 2.96. The van der Waals surface area contributed by atoms with Gasteiger partial charge in [0.2, 0.25) is 5.82 Å². The number of carbonyl (C=O) groups is 1. The SMILES string of the molecule is COC(=O)c1sc2ncn3nc(-c4cc(C5CC5)[nH]n4)nc3c2c1C. The fraction of sp³-hybridized carbons (Fsp3) is 0.312. The van der Waals surface area contributed by atoms with E-state index >= 15 is 0 Å². The molecule has 1 aliphatic carbocycles. The first-order chi connectivity index (χ1) is 12.2. The van der Waals surface area contributed by atoms with E-state index in [0.29, 0.717) is 22.3 Å². The van der Waals surface area contributed by atoms with E-state index in [1.165, 1.54) is 31.3 Å². The number of nitrogens with one attached hydrogen (secondary N) is 1. The third-order valence-corrected chi connectivity index (χ3v) is 5.66. The Bertz CT molecular complexity index is 1140. The Morgan fingerprint density at radius 1 is 1.44 bits per heavy atom. The number of methoxy groups -OCH3 is 1. The average Bonchev–Trinajstić information content (AvgIpc) is 3.07. The Labute approximate surface area is 145 Å². The summed E-state index contributed by atoms with van der Waals surface area (Å²) in [6.45, 7) is 1.88. The van der Waals surface area contributed by atoms with Gasteiger partial charge in [-0.1, -0.05) is 0 Å². The molecule has 0 spiro atoms. The van der Waals surface area contributed by atoms with Crippen LogP contribution in [0.3, 0.4) is 0 Å². The van der Waals surface area contributed by atoms with Crippen LogP contribution < -0.4 is 0 Å². The smallest absolute Gasteiger partial charge is 0.348 e. The van der Waals surface area contributed by atoms with Gasteiger partial charge in [0.05, 0.1) is 12.5 Å². The van der Waals surface area contributed by atoms with Crippen molar-refractivity contribution in [2.75, 3.05) is 7.11 Å². The van der Waals surface area contributed by atoms with Gasteiger partial charge in [0.1, 0.15) is 21.7 Å². The van der Waals surface area contributed by atoms with Crippen molar-refractivity contribution < 1.29 is 9.53 Å². The molecule has 4 aromatic heterocycles. The molecule has 4 aromatic rings. The zero-order valence-electron chi connectivity index (χ0n) is 13.6. The van der Waals surface area contributed by atoms with E-state index in [1.54, 1.807) is 10.8 Å². The lowest BCUT2D eigenvalue weighted by Gasteiger charge is -1.96. The molecule has 0 aliphatic heterocycles. The van der Waals surface area contributed by atoms with Crippen LogP contribution >= 0.6 is 11.3 Å². The van der Waals surface area contributed by atoms with Crippen LogP contribution in [0, 0.1) is 6.92 Å². The van der Waals surface area contributed by atoms with Gasteiger partial charge in [0.25, 0.3) is 0 Å². The Balaban J connectivity index is 1.68. The zero-order valence-corrected chi connectivity index (χ0v) is 14.4. The highest BCUT2D eigenvalue weighted by Crippen LogP contribution is 2.40. The van der Waals surface area contributed by atoms with Crippen LogP contribution in [0.4, 0.5) is 0 Å². The number of aromatic amines is 1. The van der Waals surface area contributed by atoms with Gasteiger partial charge in [-0.05, 0) is 31.4 Å². The lowest BCUT2D eigenvalue weighted by molar-refractivity contribution is 0.0605. The summed E-state index contributed by atoms with van der Waals surface area (Å²) >= 11 is 1.30. The van der Waals surface area contributed by atoms with Gasteiger partial charge in [-0.15, -0.1) is 16.4 Å². The van der Waals surface area contributed by atoms with Crippen molar-refractivity contribution in [3.8, 4) is 11.5 Å². The number of esters is 1.